The Kier molecular flexibility index (Phi) is 5.29. The number of nitrogens with one attached hydrogen (secondary N) is 1. The van der Waals surface area contributed by atoms with Crippen molar-refractivity contribution in [3.8, 4) is 0 Å². The highest BCUT2D eigenvalue weighted by Crippen LogP contribution is 2.25. The summed E-state index contributed by atoms with van der Waals surface area (Å²) in [4.78, 5) is 11.6. The lowest BCUT2D eigenvalue weighted by Gasteiger charge is -2.11. The second-order valence-corrected chi connectivity index (χ2v) is 4.95. The van der Waals surface area contributed by atoms with Crippen LogP contribution in [0.15, 0.2) is 22.7 Å². The van der Waals surface area contributed by atoms with E-state index in [-0.39, 0.29) is 5.91 Å². The Hall–Kier alpha value is -0.540. The van der Waals surface area contributed by atoms with Gasteiger partial charge in [0.1, 0.15) is 5.38 Å². The average Bonchev–Trinajstić information content (AvgIpc) is 2.28. The summed E-state index contributed by atoms with van der Waals surface area (Å²) in [5, 5.41) is 2.17. The van der Waals surface area contributed by atoms with Gasteiger partial charge in [0.05, 0.1) is 0 Å². The molecule has 1 aromatic carbocycles. The molecule has 0 bridgehead atoms. The molecule has 0 fully saturated rings. The second kappa shape index (κ2) is 6.26. The van der Waals surface area contributed by atoms with Gasteiger partial charge in [-0.25, -0.2) is 0 Å². The maximum absolute atomic E-state index is 11.6. The maximum Gasteiger partial charge on any atom is 0.242 e. The van der Waals surface area contributed by atoms with Crippen LogP contribution < -0.4 is 5.32 Å². The number of hydrogen-bond donors (Lipinski definition) is 1. The van der Waals surface area contributed by atoms with Crippen LogP contribution >= 0.6 is 27.5 Å². The minimum absolute atomic E-state index is 0.134. The number of halogens is 2. The summed E-state index contributed by atoms with van der Waals surface area (Å²) in [6.45, 7) is 4.64. The Balaban J connectivity index is 2.75. The summed E-state index contributed by atoms with van der Waals surface area (Å²) < 4.78 is 1.02. The molecular weight excluding hydrogens is 289 g/mol. The fourth-order valence-electron chi connectivity index (χ4n) is 1.31. The molecule has 0 aliphatic rings. The average molecular weight is 305 g/mol. The Labute approximate surface area is 110 Å². The first-order chi connectivity index (χ1) is 7.56. The van der Waals surface area contributed by atoms with Crippen LogP contribution in [0.1, 0.15) is 29.8 Å². The molecule has 1 amide bonds. The van der Waals surface area contributed by atoms with Gasteiger partial charge in [0.2, 0.25) is 5.91 Å². The predicted octanol–water partition coefficient (Wildman–Crippen LogP) is 3.56. The SMILES string of the molecule is CCCNC(=O)C(Cl)c1ccc(Br)c(C)c1. The van der Waals surface area contributed by atoms with Crippen LogP contribution in [0.5, 0.6) is 0 Å². The molecule has 1 unspecified atom stereocenters. The molecule has 0 aromatic heterocycles. The predicted molar refractivity (Wildman–Crippen MR) is 70.8 cm³/mol. The van der Waals surface area contributed by atoms with E-state index in [1.165, 1.54) is 0 Å². The zero-order chi connectivity index (χ0) is 12.1. The molecule has 88 valence electrons. The topological polar surface area (TPSA) is 29.1 Å². The van der Waals surface area contributed by atoms with Gasteiger partial charge in [-0.1, -0.05) is 35.0 Å². The van der Waals surface area contributed by atoms with Crippen LogP contribution in [0.3, 0.4) is 0 Å². The van der Waals surface area contributed by atoms with Crippen LogP contribution in [0, 0.1) is 6.92 Å². The second-order valence-electron chi connectivity index (χ2n) is 3.66. The van der Waals surface area contributed by atoms with Gasteiger partial charge >= 0.3 is 0 Å². The fourth-order valence-corrected chi connectivity index (χ4v) is 1.77. The Morgan fingerprint density at radius 1 is 1.56 bits per heavy atom. The minimum Gasteiger partial charge on any atom is -0.355 e. The van der Waals surface area contributed by atoms with Crippen LogP contribution in [0.25, 0.3) is 0 Å². The summed E-state index contributed by atoms with van der Waals surface area (Å²) in [5.74, 6) is -0.134. The molecule has 0 heterocycles. The number of carbonyl (C=O) groups excluding carboxylic acids is 1. The molecule has 1 rings (SSSR count). The van der Waals surface area contributed by atoms with Crippen molar-refractivity contribution < 1.29 is 4.79 Å². The third kappa shape index (κ3) is 3.49. The molecule has 0 spiro atoms. The summed E-state index contributed by atoms with van der Waals surface area (Å²) in [6, 6.07) is 5.70. The van der Waals surface area contributed by atoms with Gasteiger partial charge in [-0.15, -0.1) is 11.6 Å². The third-order valence-electron chi connectivity index (χ3n) is 2.25. The molecule has 2 nitrogen and oxygen atoms in total. The van der Waals surface area contributed by atoms with E-state index in [1.807, 2.05) is 32.0 Å². The molecule has 0 saturated carbocycles. The molecule has 0 saturated heterocycles. The van der Waals surface area contributed by atoms with Crippen LogP contribution in [-0.2, 0) is 4.79 Å². The van der Waals surface area contributed by atoms with Gasteiger partial charge in [-0.05, 0) is 30.5 Å². The maximum atomic E-state index is 11.6. The molecule has 0 radical (unpaired) electrons. The first kappa shape index (κ1) is 13.5. The van der Waals surface area contributed by atoms with Crippen molar-refractivity contribution in [3.63, 3.8) is 0 Å². The quantitative estimate of drug-likeness (QED) is 0.847. The van der Waals surface area contributed by atoms with Crippen molar-refractivity contribution in [2.75, 3.05) is 6.54 Å². The Bertz CT molecular complexity index is 381. The molecule has 1 aromatic rings. The van der Waals surface area contributed by atoms with Crippen molar-refractivity contribution in [3.05, 3.63) is 33.8 Å². The van der Waals surface area contributed by atoms with Crippen molar-refractivity contribution in [2.24, 2.45) is 0 Å². The van der Waals surface area contributed by atoms with E-state index in [0.717, 1.165) is 22.0 Å². The van der Waals surface area contributed by atoms with Crippen LogP contribution in [0.2, 0.25) is 0 Å². The number of aryl methyl sites for hydroxylation is 1. The molecule has 1 N–H and O–H groups in total. The fraction of sp³-hybridized carbons (Fsp3) is 0.417. The third-order valence-corrected chi connectivity index (χ3v) is 3.59. The summed E-state index contributed by atoms with van der Waals surface area (Å²) in [7, 11) is 0. The standard InChI is InChI=1S/C12H15BrClNO/c1-3-6-15-12(16)11(14)9-4-5-10(13)8(2)7-9/h4-5,7,11H,3,6H2,1-2H3,(H,15,16). The van der Waals surface area contributed by atoms with E-state index >= 15 is 0 Å². The zero-order valence-electron chi connectivity index (χ0n) is 9.39. The smallest absolute Gasteiger partial charge is 0.242 e. The lowest BCUT2D eigenvalue weighted by molar-refractivity contribution is -0.120. The first-order valence-corrected chi connectivity index (χ1v) is 6.47. The van der Waals surface area contributed by atoms with Crippen molar-refractivity contribution in [2.45, 2.75) is 25.6 Å². The number of rotatable bonds is 4. The van der Waals surface area contributed by atoms with Crippen LogP contribution in [-0.4, -0.2) is 12.5 Å². The van der Waals surface area contributed by atoms with Crippen molar-refractivity contribution in [1.82, 2.24) is 5.32 Å². The molecular formula is C12H15BrClNO. The number of hydrogen-bond acceptors (Lipinski definition) is 1. The van der Waals surface area contributed by atoms with Gasteiger partial charge in [0.25, 0.3) is 0 Å². The van der Waals surface area contributed by atoms with E-state index in [4.69, 9.17) is 11.6 Å². The molecule has 0 aliphatic carbocycles. The largest absolute Gasteiger partial charge is 0.355 e. The van der Waals surface area contributed by atoms with Gasteiger partial charge in [0.15, 0.2) is 0 Å². The lowest BCUT2D eigenvalue weighted by atomic mass is 10.1. The van der Waals surface area contributed by atoms with E-state index in [1.54, 1.807) is 0 Å². The first-order valence-electron chi connectivity index (χ1n) is 5.24. The summed E-state index contributed by atoms with van der Waals surface area (Å²) in [6.07, 6.45) is 0.911. The highest BCUT2D eigenvalue weighted by atomic mass is 79.9. The van der Waals surface area contributed by atoms with E-state index in [2.05, 4.69) is 21.2 Å². The molecule has 4 heteroatoms. The lowest BCUT2D eigenvalue weighted by Crippen LogP contribution is -2.27. The minimum atomic E-state index is -0.613. The summed E-state index contributed by atoms with van der Waals surface area (Å²) >= 11 is 9.50. The van der Waals surface area contributed by atoms with Crippen molar-refractivity contribution in [1.29, 1.82) is 0 Å². The molecule has 0 aliphatic heterocycles. The number of amides is 1. The normalized spacial score (nSPS) is 12.2. The van der Waals surface area contributed by atoms with Crippen LogP contribution in [0.4, 0.5) is 0 Å². The zero-order valence-corrected chi connectivity index (χ0v) is 11.7. The van der Waals surface area contributed by atoms with Gasteiger partial charge in [-0.2, -0.15) is 0 Å². The van der Waals surface area contributed by atoms with Gasteiger partial charge in [0, 0.05) is 11.0 Å². The number of carbonyl (C=O) groups is 1. The Morgan fingerprint density at radius 3 is 2.81 bits per heavy atom. The molecule has 1 atom stereocenters. The monoisotopic (exact) mass is 303 g/mol. The number of alkyl halides is 1. The van der Waals surface area contributed by atoms with Gasteiger partial charge in [-0.3, -0.25) is 4.79 Å². The Morgan fingerprint density at radius 2 is 2.25 bits per heavy atom. The van der Waals surface area contributed by atoms with Gasteiger partial charge < -0.3 is 5.32 Å². The number of benzene rings is 1. The van der Waals surface area contributed by atoms with E-state index in [9.17, 15) is 4.79 Å². The molecule has 16 heavy (non-hydrogen) atoms. The highest BCUT2D eigenvalue weighted by molar-refractivity contribution is 9.10. The highest BCUT2D eigenvalue weighted by Gasteiger charge is 2.17. The van der Waals surface area contributed by atoms with Crippen molar-refractivity contribution >= 4 is 33.4 Å². The van der Waals surface area contributed by atoms with E-state index < -0.39 is 5.38 Å². The summed E-state index contributed by atoms with van der Waals surface area (Å²) in [5.41, 5.74) is 1.91. The van der Waals surface area contributed by atoms with E-state index in [0.29, 0.717) is 6.54 Å².